The third-order valence-corrected chi connectivity index (χ3v) is 7.02. The van der Waals surface area contributed by atoms with E-state index >= 15 is 0 Å². The second-order valence-electron chi connectivity index (χ2n) is 8.81. The molecule has 1 nitrogen and oxygen atoms in total. The molecule has 28 heavy (non-hydrogen) atoms. The molecule has 152 valence electrons. The highest BCUT2D eigenvalue weighted by Crippen LogP contribution is 2.43. The fraction of sp³-hybridized carbons (Fsp3) is 0.600. The van der Waals surface area contributed by atoms with Gasteiger partial charge >= 0.3 is 0 Å². The van der Waals surface area contributed by atoms with Gasteiger partial charge in [0, 0.05) is 11.1 Å². The monoisotopic (exact) mass is 386 g/mol. The second kappa shape index (κ2) is 8.90. The number of epoxide rings is 1. The minimum Gasteiger partial charge on any atom is -0.368 e. The van der Waals surface area contributed by atoms with E-state index in [1.807, 2.05) is 0 Å². The molecular formula is C25H32F2O. The van der Waals surface area contributed by atoms with E-state index in [2.05, 4.69) is 25.2 Å². The van der Waals surface area contributed by atoms with Crippen molar-refractivity contribution >= 4 is 5.57 Å². The van der Waals surface area contributed by atoms with E-state index < -0.39 is 11.6 Å². The van der Waals surface area contributed by atoms with E-state index in [4.69, 9.17) is 4.74 Å². The van der Waals surface area contributed by atoms with Gasteiger partial charge in [0.25, 0.3) is 0 Å². The molecule has 0 aromatic heterocycles. The van der Waals surface area contributed by atoms with Crippen LogP contribution in [-0.4, -0.2) is 6.61 Å². The van der Waals surface area contributed by atoms with Gasteiger partial charge in [0.15, 0.2) is 11.6 Å². The molecule has 0 bridgehead atoms. The average molecular weight is 387 g/mol. The summed E-state index contributed by atoms with van der Waals surface area (Å²) in [6, 6.07) is 3.45. The summed E-state index contributed by atoms with van der Waals surface area (Å²) < 4.78 is 34.0. The maximum atomic E-state index is 14.6. The maximum absolute atomic E-state index is 14.6. The van der Waals surface area contributed by atoms with Gasteiger partial charge in [-0.05, 0) is 81.1 Å². The number of hydrogen-bond acceptors (Lipinski definition) is 1. The number of rotatable bonds is 6. The molecule has 1 saturated heterocycles. The first-order valence-corrected chi connectivity index (χ1v) is 11.1. The van der Waals surface area contributed by atoms with Crippen LogP contribution in [0.15, 0.2) is 30.4 Å². The molecule has 0 amide bonds. The van der Waals surface area contributed by atoms with E-state index in [1.165, 1.54) is 32.1 Å². The van der Waals surface area contributed by atoms with Crippen molar-refractivity contribution in [3.05, 3.63) is 53.1 Å². The summed E-state index contributed by atoms with van der Waals surface area (Å²) in [5.74, 6) is 0.958. The molecule has 0 radical (unpaired) electrons. The van der Waals surface area contributed by atoms with Crippen molar-refractivity contribution in [3.8, 4) is 0 Å². The predicted molar refractivity (Wildman–Crippen MR) is 110 cm³/mol. The van der Waals surface area contributed by atoms with Crippen molar-refractivity contribution in [3.63, 3.8) is 0 Å². The van der Waals surface area contributed by atoms with Crippen LogP contribution in [0.2, 0.25) is 0 Å². The lowest BCUT2D eigenvalue weighted by atomic mass is 9.70. The molecule has 1 aliphatic heterocycles. The molecule has 1 heterocycles. The van der Waals surface area contributed by atoms with Gasteiger partial charge < -0.3 is 4.74 Å². The summed E-state index contributed by atoms with van der Waals surface area (Å²) in [5.41, 5.74) is 1.79. The first-order valence-electron chi connectivity index (χ1n) is 11.1. The normalized spacial score (nSPS) is 30.5. The summed E-state index contributed by atoms with van der Waals surface area (Å²) in [4.78, 5) is 0. The highest BCUT2D eigenvalue weighted by molar-refractivity contribution is 5.67. The molecule has 3 heteroatoms. The molecule has 2 fully saturated rings. The molecule has 2 aliphatic carbocycles. The smallest absolute Gasteiger partial charge is 0.166 e. The Morgan fingerprint density at radius 1 is 1.00 bits per heavy atom. The zero-order valence-electron chi connectivity index (χ0n) is 16.9. The Morgan fingerprint density at radius 3 is 2.43 bits per heavy atom. The first-order chi connectivity index (χ1) is 13.7. The molecule has 0 spiro atoms. The van der Waals surface area contributed by atoms with Crippen LogP contribution in [0.25, 0.3) is 5.57 Å². The predicted octanol–water partition coefficient (Wildman–Crippen LogP) is 7.38. The zero-order valence-corrected chi connectivity index (χ0v) is 16.9. The van der Waals surface area contributed by atoms with E-state index in [1.54, 1.807) is 12.1 Å². The Labute approximate surface area is 167 Å². The van der Waals surface area contributed by atoms with Crippen molar-refractivity contribution in [2.24, 2.45) is 17.8 Å². The van der Waals surface area contributed by atoms with Gasteiger partial charge in [0.05, 0.1) is 6.61 Å². The summed E-state index contributed by atoms with van der Waals surface area (Å²) in [5, 5.41) is 0. The molecule has 0 N–H and O–H groups in total. The van der Waals surface area contributed by atoms with Crippen LogP contribution in [0.5, 0.6) is 0 Å². The summed E-state index contributed by atoms with van der Waals surface area (Å²) in [6.07, 6.45) is 17.3. The molecule has 1 aromatic rings. The van der Waals surface area contributed by atoms with Gasteiger partial charge in [-0.2, -0.15) is 0 Å². The van der Waals surface area contributed by atoms with Crippen LogP contribution < -0.4 is 0 Å². The van der Waals surface area contributed by atoms with Crippen LogP contribution in [0.1, 0.15) is 81.9 Å². The van der Waals surface area contributed by atoms with Crippen LogP contribution in [-0.2, 0) is 4.74 Å². The first kappa shape index (κ1) is 19.8. The van der Waals surface area contributed by atoms with E-state index in [-0.39, 0.29) is 6.10 Å². The Hall–Kier alpha value is -1.48. The van der Waals surface area contributed by atoms with E-state index in [9.17, 15) is 8.78 Å². The lowest BCUT2D eigenvalue weighted by Crippen LogP contribution is -2.23. The Balaban J connectivity index is 1.34. The minimum atomic E-state index is -0.724. The van der Waals surface area contributed by atoms with Gasteiger partial charge in [-0.25, -0.2) is 8.78 Å². The van der Waals surface area contributed by atoms with Gasteiger partial charge in [-0.15, -0.1) is 0 Å². The highest BCUT2D eigenvalue weighted by atomic mass is 19.2. The number of allylic oxidation sites excluding steroid dienone is 4. The lowest BCUT2D eigenvalue weighted by Gasteiger charge is -2.35. The number of ether oxygens (including phenoxy) is 1. The fourth-order valence-corrected chi connectivity index (χ4v) is 5.17. The summed E-state index contributed by atoms with van der Waals surface area (Å²) >= 11 is 0. The molecular weight excluding hydrogens is 354 g/mol. The average Bonchev–Trinajstić information content (AvgIpc) is 3.56. The lowest BCUT2D eigenvalue weighted by molar-refractivity contribution is 0.195. The minimum absolute atomic E-state index is 0.249. The maximum Gasteiger partial charge on any atom is 0.166 e. The van der Waals surface area contributed by atoms with Gasteiger partial charge in [-0.1, -0.05) is 37.3 Å². The fourth-order valence-electron chi connectivity index (χ4n) is 5.17. The number of hydrogen-bond donors (Lipinski definition) is 0. The second-order valence-corrected chi connectivity index (χ2v) is 8.81. The van der Waals surface area contributed by atoms with Crippen LogP contribution in [0.4, 0.5) is 8.78 Å². The summed E-state index contributed by atoms with van der Waals surface area (Å²) in [6.45, 7) is 2.69. The van der Waals surface area contributed by atoms with Crippen molar-refractivity contribution in [2.45, 2.75) is 70.8 Å². The topological polar surface area (TPSA) is 12.5 Å². The Morgan fingerprint density at radius 2 is 1.79 bits per heavy atom. The van der Waals surface area contributed by atoms with Gasteiger partial charge in [0.2, 0.25) is 0 Å². The SMILES string of the molecule is CC/C=C\CC1CCC(C2CC=C(c3ccc(C4CO4)c(F)c3F)CC2)CC1. The third-order valence-electron chi connectivity index (χ3n) is 7.02. The molecule has 4 rings (SSSR count). The Kier molecular flexibility index (Phi) is 6.30. The van der Waals surface area contributed by atoms with Crippen molar-refractivity contribution in [2.75, 3.05) is 6.61 Å². The van der Waals surface area contributed by atoms with Crippen LogP contribution in [0.3, 0.4) is 0 Å². The zero-order chi connectivity index (χ0) is 19.5. The van der Waals surface area contributed by atoms with Gasteiger partial charge in [0.1, 0.15) is 6.10 Å². The molecule has 2 unspecified atom stereocenters. The van der Waals surface area contributed by atoms with Gasteiger partial charge in [-0.3, -0.25) is 0 Å². The van der Waals surface area contributed by atoms with Crippen LogP contribution >= 0.6 is 0 Å². The molecule has 3 aliphatic rings. The third kappa shape index (κ3) is 4.40. The van der Waals surface area contributed by atoms with E-state index in [0.29, 0.717) is 23.7 Å². The molecule has 1 saturated carbocycles. The summed E-state index contributed by atoms with van der Waals surface area (Å²) in [7, 11) is 0. The standard InChI is InChI=1S/C25H32F2O/c1-2-3-4-5-17-6-8-18(9-7-17)19-10-12-20(13-11-19)21-14-15-22(23-16-28-23)25(27)24(21)26/h3-4,12,14-15,17-19,23H,2,5-11,13,16H2,1H3/b4-3-. The number of halogens is 2. The molecule has 1 aromatic carbocycles. The molecule has 2 atom stereocenters. The Bertz CT molecular complexity index is 739. The number of benzene rings is 1. The van der Waals surface area contributed by atoms with Crippen molar-refractivity contribution in [1.82, 2.24) is 0 Å². The highest BCUT2D eigenvalue weighted by Gasteiger charge is 2.32. The quantitative estimate of drug-likeness (QED) is 0.367. The van der Waals surface area contributed by atoms with Crippen molar-refractivity contribution < 1.29 is 13.5 Å². The van der Waals surface area contributed by atoms with E-state index in [0.717, 1.165) is 43.1 Å². The largest absolute Gasteiger partial charge is 0.368 e. The van der Waals surface area contributed by atoms with Crippen molar-refractivity contribution in [1.29, 1.82) is 0 Å². The van der Waals surface area contributed by atoms with Crippen LogP contribution in [0, 0.1) is 29.4 Å².